The van der Waals surface area contributed by atoms with Crippen LogP contribution in [0.3, 0.4) is 0 Å². The van der Waals surface area contributed by atoms with Gasteiger partial charge in [-0.05, 0) is 6.07 Å². The molecule has 0 aliphatic rings. The molecule has 18 heavy (non-hydrogen) atoms. The normalized spacial score (nSPS) is 10.3. The van der Waals surface area contributed by atoms with Crippen LogP contribution < -0.4 is 5.73 Å². The fraction of sp³-hybridized carbons (Fsp3) is 0.167. The molecule has 1 aromatic carbocycles. The van der Waals surface area contributed by atoms with Crippen LogP contribution in [0, 0.1) is 5.82 Å². The van der Waals surface area contributed by atoms with Crippen LogP contribution in [0.15, 0.2) is 30.5 Å². The van der Waals surface area contributed by atoms with E-state index < -0.39 is 5.97 Å². The van der Waals surface area contributed by atoms with Gasteiger partial charge in [-0.2, -0.15) is 5.10 Å². The molecular formula is C12H12FN3O2. The first-order valence-electron chi connectivity index (χ1n) is 5.26. The van der Waals surface area contributed by atoms with E-state index in [4.69, 9.17) is 5.73 Å². The fourth-order valence-electron chi connectivity index (χ4n) is 1.63. The van der Waals surface area contributed by atoms with Gasteiger partial charge in [0.1, 0.15) is 5.82 Å². The van der Waals surface area contributed by atoms with E-state index in [0.29, 0.717) is 5.56 Å². The van der Waals surface area contributed by atoms with Gasteiger partial charge in [0.2, 0.25) is 0 Å². The molecule has 1 aromatic heterocycles. The predicted molar refractivity (Wildman–Crippen MR) is 63.5 cm³/mol. The van der Waals surface area contributed by atoms with Crippen molar-refractivity contribution in [3.8, 4) is 0 Å². The van der Waals surface area contributed by atoms with E-state index in [2.05, 4.69) is 9.84 Å². The molecule has 0 unspecified atom stereocenters. The number of halogens is 1. The second kappa shape index (κ2) is 4.87. The van der Waals surface area contributed by atoms with Gasteiger partial charge in [-0.3, -0.25) is 4.68 Å². The first-order chi connectivity index (χ1) is 8.63. The number of nitrogens with zero attached hydrogens (tertiary/aromatic N) is 2. The van der Waals surface area contributed by atoms with Crippen LogP contribution in [-0.2, 0) is 11.3 Å². The Labute approximate surface area is 103 Å². The third-order valence-corrected chi connectivity index (χ3v) is 2.52. The van der Waals surface area contributed by atoms with Crippen molar-refractivity contribution in [2.75, 3.05) is 12.8 Å². The summed E-state index contributed by atoms with van der Waals surface area (Å²) >= 11 is 0. The molecule has 0 atom stereocenters. The Bertz CT molecular complexity index is 580. The molecule has 0 saturated heterocycles. The predicted octanol–water partition coefficient (Wildman–Crippen LogP) is 1.44. The van der Waals surface area contributed by atoms with Crippen LogP contribution >= 0.6 is 0 Å². The van der Waals surface area contributed by atoms with Gasteiger partial charge in [-0.25, -0.2) is 9.18 Å². The third kappa shape index (κ3) is 2.17. The van der Waals surface area contributed by atoms with E-state index >= 15 is 0 Å². The van der Waals surface area contributed by atoms with Gasteiger partial charge >= 0.3 is 5.97 Å². The van der Waals surface area contributed by atoms with Crippen molar-refractivity contribution in [3.63, 3.8) is 0 Å². The van der Waals surface area contributed by atoms with Gasteiger partial charge in [0, 0.05) is 5.56 Å². The minimum atomic E-state index is -0.596. The van der Waals surface area contributed by atoms with Gasteiger partial charge in [-0.1, -0.05) is 18.2 Å². The molecule has 0 bridgehead atoms. The van der Waals surface area contributed by atoms with Crippen molar-refractivity contribution < 1.29 is 13.9 Å². The highest BCUT2D eigenvalue weighted by molar-refractivity contribution is 5.92. The topological polar surface area (TPSA) is 70.1 Å². The Balaban J connectivity index is 2.36. The molecule has 2 N–H and O–H groups in total. The van der Waals surface area contributed by atoms with E-state index in [0.717, 1.165) is 0 Å². The summed E-state index contributed by atoms with van der Waals surface area (Å²) in [5, 5.41) is 3.95. The maximum Gasteiger partial charge on any atom is 0.358 e. The number of nitrogen functional groups attached to an aromatic ring is 1. The SMILES string of the molecule is COC(=O)c1c(N)cnn1Cc1ccccc1F. The standard InChI is InChI=1S/C12H12FN3O2/c1-18-12(17)11-10(14)6-15-16(11)7-8-4-2-3-5-9(8)13/h2-6H,7,14H2,1H3. The minimum Gasteiger partial charge on any atom is -0.464 e. The molecule has 0 aliphatic heterocycles. The first kappa shape index (κ1) is 12.1. The molecule has 0 amide bonds. The van der Waals surface area contributed by atoms with Crippen molar-refractivity contribution in [2.24, 2.45) is 0 Å². The first-order valence-corrected chi connectivity index (χ1v) is 5.26. The minimum absolute atomic E-state index is 0.119. The van der Waals surface area contributed by atoms with Crippen molar-refractivity contribution in [3.05, 3.63) is 47.5 Å². The molecule has 0 fully saturated rings. The van der Waals surface area contributed by atoms with Crippen molar-refractivity contribution in [1.29, 1.82) is 0 Å². The number of anilines is 1. The molecule has 0 spiro atoms. The lowest BCUT2D eigenvalue weighted by atomic mass is 10.2. The van der Waals surface area contributed by atoms with Gasteiger partial charge in [-0.15, -0.1) is 0 Å². The molecule has 5 nitrogen and oxygen atoms in total. The molecule has 0 radical (unpaired) electrons. The Kier molecular flexibility index (Phi) is 3.27. The number of ether oxygens (including phenoxy) is 1. The summed E-state index contributed by atoms with van der Waals surface area (Å²) in [5.41, 5.74) is 6.39. The molecule has 2 rings (SSSR count). The Morgan fingerprint density at radius 3 is 2.89 bits per heavy atom. The molecule has 2 aromatic rings. The number of hydrogen-bond acceptors (Lipinski definition) is 4. The number of rotatable bonds is 3. The lowest BCUT2D eigenvalue weighted by molar-refractivity contribution is 0.0588. The van der Waals surface area contributed by atoms with Crippen molar-refractivity contribution >= 4 is 11.7 Å². The van der Waals surface area contributed by atoms with Crippen molar-refractivity contribution in [2.45, 2.75) is 6.54 Å². The summed E-state index contributed by atoms with van der Waals surface area (Å²) in [6.07, 6.45) is 1.34. The zero-order valence-corrected chi connectivity index (χ0v) is 9.76. The maximum atomic E-state index is 13.5. The van der Waals surface area contributed by atoms with Crippen molar-refractivity contribution in [1.82, 2.24) is 9.78 Å². The Morgan fingerprint density at radius 2 is 2.22 bits per heavy atom. The van der Waals surface area contributed by atoms with Gasteiger partial charge < -0.3 is 10.5 Å². The molecule has 1 heterocycles. The number of carbonyl (C=O) groups is 1. The molecular weight excluding hydrogens is 237 g/mol. The zero-order valence-electron chi connectivity index (χ0n) is 9.76. The second-order valence-corrected chi connectivity index (χ2v) is 3.69. The average Bonchev–Trinajstić information content (AvgIpc) is 2.72. The maximum absolute atomic E-state index is 13.5. The third-order valence-electron chi connectivity index (χ3n) is 2.52. The number of esters is 1. The van der Waals surface area contributed by atoms with Crippen LogP contribution in [0.5, 0.6) is 0 Å². The Morgan fingerprint density at radius 1 is 1.50 bits per heavy atom. The van der Waals surface area contributed by atoms with Gasteiger partial charge in [0.25, 0.3) is 0 Å². The Hall–Kier alpha value is -2.37. The number of nitrogens with two attached hydrogens (primary N) is 1. The summed E-state index contributed by atoms with van der Waals surface area (Å²) in [7, 11) is 1.25. The highest BCUT2D eigenvalue weighted by Crippen LogP contribution is 2.15. The van der Waals surface area contributed by atoms with E-state index in [1.54, 1.807) is 18.2 Å². The lowest BCUT2D eigenvalue weighted by Crippen LogP contribution is -2.14. The fourth-order valence-corrected chi connectivity index (χ4v) is 1.63. The van der Waals surface area contributed by atoms with E-state index in [1.807, 2.05) is 0 Å². The van der Waals surface area contributed by atoms with Crippen LogP contribution in [-0.4, -0.2) is 22.9 Å². The van der Waals surface area contributed by atoms with Crippen LogP contribution in [0.25, 0.3) is 0 Å². The quantitative estimate of drug-likeness (QED) is 0.835. The number of benzene rings is 1. The number of hydrogen-bond donors (Lipinski definition) is 1. The van der Waals surface area contributed by atoms with E-state index in [1.165, 1.54) is 24.1 Å². The number of aromatic nitrogens is 2. The summed E-state index contributed by atoms with van der Waals surface area (Å²) in [6.45, 7) is 0.119. The van der Waals surface area contributed by atoms with Crippen LogP contribution in [0.4, 0.5) is 10.1 Å². The second-order valence-electron chi connectivity index (χ2n) is 3.69. The number of methoxy groups -OCH3 is 1. The molecule has 6 heteroatoms. The molecule has 94 valence electrons. The van der Waals surface area contributed by atoms with Crippen LogP contribution in [0.1, 0.15) is 16.1 Å². The molecule has 0 aliphatic carbocycles. The number of carbonyl (C=O) groups excluding carboxylic acids is 1. The largest absolute Gasteiger partial charge is 0.464 e. The van der Waals surface area contributed by atoms with Gasteiger partial charge in [0.05, 0.1) is 25.5 Å². The summed E-state index contributed by atoms with van der Waals surface area (Å²) in [5.74, 6) is -0.955. The molecule has 0 saturated carbocycles. The summed E-state index contributed by atoms with van der Waals surface area (Å²) in [6, 6.07) is 6.27. The lowest BCUT2D eigenvalue weighted by Gasteiger charge is -2.07. The van der Waals surface area contributed by atoms with Crippen LogP contribution in [0.2, 0.25) is 0 Å². The average molecular weight is 249 g/mol. The zero-order chi connectivity index (χ0) is 13.1. The highest BCUT2D eigenvalue weighted by atomic mass is 19.1. The smallest absolute Gasteiger partial charge is 0.358 e. The highest BCUT2D eigenvalue weighted by Gasteiger charge is 2.18. The van der Waals surface area contributed by atoms with Gasteiger partial charge in [0.15, 0.2) is 5.69 Å². The summed E-state index contributed by atoms with van der Waals surface area (Å²) in [4.78, 5) is 11.5. The summed E-state index contributed by atoms with van der Waals surface area (Å²) < 4.78 is 19.4. The monoisotopic (exact) mass is 249 g/mol. The van der Waals surface area contributed by atoms with E-state index in [-0.39, 0.29) is 23.7 Å². The van der Waals surface area contributed by atoms with E-state index in [9.17, 15) is 9.18 Å².